The van der Waals surface area contributed by atoms with Crippen LogP contribution in [-0.4, -0.2) is 30.2 Å². The van der Waals surface area contributed by atoms with Gasteiger partial charge in [-0.3, -0.25) is 14.9 Å². The third kappa shape index (κ3) is 3.55. The summed E-state index contributed by atoms with van der Waals surface area (Å²) in [5, 5.41) is 8.95. The Morgan fingerprint density at radius 2 is 2.00 bits per heavy atom. The number of imide groups is 1. The Balaban J connectivity index is 1.92. The van der Waals surface area contributed by atoms with Crippen molar-refractivity contribution in [1.82, 2.24) is 10.5 Å². The Kier molecular flexibility index (Phi) is 4.84. The first-order valence-electron chi connectivity index (χ1n) is 7.78. The normalized spacial score (nSPS) is 13.0. The average Bonchev–Trinajstić information content (AvgIpc) is 3.17. The van der Waals surface area contributed by atoms with Crippen LogP contribution in [0.15, 0.2) is 10.6 Å². The molecule has 1 aliphatic carbocycles. The quantitative estimate of drug-likeness (QED) is 0.867. The molecule has 8 nitrogen and oxygen atoms in total. The molecule has 25 heavy (non-hydrogen) atoms. The second-order valence-electron chi connectivity index (χ2n) is 5.64. The van der Waals surface area contributed by atoms with Crippen molar-refractivity contribution in [2.24, 2.45) is 0 Å². The number of nitrogens with zero attached hydrogens (tertiary/aromatic N) is 1. The number of fused-ring (bicyclic) bond motifs is 1. The highest BCUT2D eigenvalue weighted by atomic mass is 32.1. The average molecular weight is 363 g/mol. The highest BCUT2D eigenvalue weighted by Gasteiger charge is 2.28. The van der Waals surface area contributed by atoms with Crippen LogP contribution < -0.4 is 10.6 Å². The van der Waals surface area contributed by atoms with Crippen molar-refractivity contribution in [3.63, 3.8) is 0 Å². The van der Waals surface area contributed by atoms with Gasteiger partial charge in [0.1, 0.15) is 10.8 Å². The number of methoxy groups -OCH3 is 1. The summed E-state index contributed by atoms with van der Waals surface area (Å²) in [5.41, 5.74) is 1.33. The number of nitrogens with one attached hydrogen (secondary N) is 2. The maximum Gasteiger partial charge on any atom is 0.413 e. The predicted octanol–water partition coefficient (Wildman–Crippen LogP) is 2.67. The number of alkyl carbamates (subject to hydrolysis) is 1. The molecule has 0 saturated carbocycles. The van der Waals surface area contributed by atoms with Crippen LogP contribution in [-0.2, 0) is 17.6 Å². The van der Waals surface area contributed by atoms with Gasteiger partial charge in [-0.2, -0.15) is 0 Å². The molecule has 1 aliphatic rings. The fraction of sp³-hybridized carbons (Fsp3) is 0.375. The Labute approximate surface area is 147 Å². The molecular weight excluding hydrogens is 346 g/mol. The molecule has 0 fully saturated rings. The smallest absolute Gasteiger partial charge is 0.413 e. The van der Waals surface area contributed by atoms with E-state index < -0.39 is 17.9 Å². The summed E-state index contributed by atoms with van der Waals surface area (Å²) >= 11 is 1.35. The molecule has 132 valence electrons. The van der Waals surface area contributed by atoms with Crippen LogP contribution in [0.4, 0.5) is 9.80 Å². The minimum atomic E-state index is -0.842. The molecule has 0 unspecified atom stereocenters. The minimum Gasteiger partial charge on any atom is -0.453 e. The third-order valence-corrected chi connectivity index (χ3v) is 5.09. The van der Waals surface area contributed by atoms with Crippen molar-refractivity contribution >= 4 is 34.2 Å². The number of anilines is 1. The second kappa shape index (κ2) is 7.06. The molecule has 2 aromatic rings. The first-order valence-corrected chi connectivity index (χ1v) is 8.59. The van der Waals surface area contributed by atoms with E-state index in [4.69, 9.17) is 4.52 Å². The number of amides is 3. The summed E-state index contributed by atoms with van der Waals surface area (Å²) in [5.74, 6) is -0.542. The number of ether oxygens (including phenoxy) is 1. The number of aryl methyl sites for hydroxylation is 2. The van der Waals surface area contributed by atoms with Crippen molar-refractivity contribution in [3.05, 3.63) is 33.5 Å². The largest absolute Gasteiger partial charge is 0.453 e. The van der Waals surface area contributed by atoms with Gasteiger partial charge in [0, 0.05) is 10.9 Å². The first-order chi connectivity index (χ1) is 12.0. The molecule has 3 rings (SSSR count). The minimum absolute atomic E-state index is 0.128. The topological polar surface area (TPSA) is 111 Å². The molecule has 9 heteroatoms. The summed E-state index contributed by atoms with van der Waals surface area (Å²) < 4.78 is 9.38. The summed E-state index contributed by atoms with van der Waals surface area (Å²) in [4.78, 5) is 37.3. The van der Waals surface area contributed by atoms with Crippen LogP contribution in [0.25, 0.3) is 0 Å². The van der Waals surface area contributed by atoms with E-state index in [1.54, 1.807) is 6.92 Å². The van der Waals surface area contributed by atoms with E-state index in [2.05, 4.69) is 20.5 Å². The molecule has 0 bridgehead atoms. The van der Waals surface area contributed by atoms with Crippen LogP contribution in [0.1, 0.15) is 49.9 Å². The maximum absolute atomic E-state index is 12.5. The predicted molar refractivity (Wildman–Crippen MR) is 90.0 cm³/mol. The van der Waals surface area contributed by atoms with E-state index in [1.165, 1.54) is 24.5 Å². The van der Waals surface area contributed by atoms with Gasteiger partial charge in [0.25, 0.3) is 11.8 Å². The molecule has 0 aromatic carbocycles. The summed E-state index contributed by atoms with van der Waals surface area (Å²) in [6, 6.07) is 1.51. The monoisotopic (exact) mass is 363 g/mol. The standard InChI is InChI=1S/C16H17N3O5S/c1-8-7-10(19-24-8)13(20)17-15-12(14(21)18-16(22)23-2)9-5-3-4-6-11(9)25-15/h7H,3-6H2,1-2H3,(H,17,20)(H,18,21,22). The Morgan fingerprint density at radius 1 is 1.24 bits per heavy atom. The van der Waals surface area contributed by atoms with Crippen molar-refractivity contribution in [2.75, 3.05) is 12.4 Å². The van der Waals surface area contributed by atoms with E-state index in [9.17, 15) is 14.4 Å². The number of carbonyl (C=O) groups is 3. The van der Waals surface area contributed by atoms with Crippen LogP contribution >= 0.6 is 11.3 Å². The Morgan fingerprint density at radius 3 is 2.68 bits per heavy atom. The van der Waals surface area contributed by atoms with Crippen molar-refractivity contribution < 1.29 is 23.6 Å². The number of hydrogen-bond donors (Lipinski definition) is 2. The van der Waals surface area contributed by atoms with E-state index in [1.807, 2.05) is 0 Å². The molecule has 0 aliphatic heterocycles. The van der Waals surface area contributed by atoms with E-state index in [-0.39, 0.29) is 5.69 Å². The van der Waals surface area contributed by atoms with Gasteiger partial charge in [-0.25, -0.2) is 4.79 Å². The van der Waals surface area contributed by atoms with Gasteiger partial charge in [-0.1, -0.05) is 5.16 Å². The highest BCUT2D eigenvalue weighted by molar-refractivity contribution is 7.17. The first kappa shape index (κ1) is 17.2. The van der Waals surface area contributed by atoms with Crippen molar-refractivity contribution in [1.29, 1.82) is 0 Å². The Bertz CT molecular complexity index is 839. The van der Waals surface area contributed by atoms with Crippen molar-refractivity contribution in [2.45, 2.75) is 32.6 Å². The molecular formula is C16H17N3O5S. The SMILES string of the molecule is COC(=O)NC(=O)c1c(NC(=O)c2cc(C)on2)sc2c1CCCC2. The van der Waals surface area contributed by atoms with E-state index in [0.717, 1.165) is 36.1 Å². The number of aromatic nitrogens is 1. The number of thiophene rings is 1. The van der Waals surface area contributed by atoms with Gasteiger partial charge in [0.05, 0.1) is 12.7 Å². The zero-order valence-electron chi connectivity index (χ0n) is 13.8. The van der Waals surface area contributed by atoms with Crippen LogP contribution in [0.3, 0.4) is 0 Å². The van der Waals surface area contributed by atoms with Gasteiger partial charge >= 0.3 is 6.09 Å². The molecule has 0 atom stereocenters. The van der Waals surface area contributed by atoms with E-state index >= 15 is 0 Å². The lowest BCUT2D eigenvalue weighted by Gasteiger charge is -2.12. The van der Waals surface area contributed by atoms with Crippen LogP contribution in [0, 0.1) is 6.92 Å². The van der Waals surface area contributed by atoms with Gasteiger partial charge in [0.2, 0.25) is 0 Å². The summed E-state index contributed by atoms with van der Waals surface area (Å²) in [7, 11) is 1.18. The van der Waals surface area contributed by atoms with Gasteiger partial charge in [-0.15, -0.1) is 11.3 Å². The number of hydrogen-bond acceptors (Lipinski definition) is 7. The lowest BCUT2D eigenvalue weighted by atomic mass is 9.95. The fourth-order valence-electron chi connectivity index (χ4n) is 2.74. The van der Waals surface area contributed by atoms with Crippen LogP contribution in [0.2, 0.25) is 0 Å². The lowest BCUT2D eigenvalue weighted by molar-refractivity contribution is 0.0937. The summed E-state index contributed by atoms with van der Waals surface area (Å²) in [6.45, 7) is 1.68. The maximum atomic E-state index is 12.5. The third-order valence-electron chi connectivity index (χ3n) is 3.89. The number of carbonyl (C=O) groups excluding carboxylic acids is 3. The highest BCUT2D eigenvalue weighted by Crippen LogP contribution is 2.38. The lowest BCUT2D eigenvalue weighted by Crippen LogP contribution is -2.31. The molecule has 2 N–H and O–H groups in total. The van der Waals surface area contributed by atoms with E-state index in [0.29, 0.717) is 16.3 Å². The van der Waals surface area contributed by atoms with Gasteiger partial charge < -0.3 is 14.6 Å². The van der Waals surface area contributed by atoms with Crippen LogP contribution in [0.5, 0.6) is 0 Å². The molecule has 2 heterocycles. The Hall–Kier alpha value is -2.68. The number of rotatable bonds is 3. The van der Waals surface area contributed by atoms with Crippen molar-refractivity contribution in [3.8, 4) is 0 Å². The second-order valence-corrected chi connectivity index (χ2v) is 6.74. The zero-order valence-corrected chi connectivity index (χ0v) is 14.6. The molecule has 0 radical (unpaired) electrons. The molecule has 0 spiro atoms. The fourth-order valence-corrected chi connectivity index (χ4v) is 4.02. The zero-order chi connectivity index (χ0) is 18.0. The van der Waals surface area contributed by atoms with Gasteiger partial charge in [-0.05, 0) is 38.2 Å². The summed E-state index contributed by atoms with van der Waals surface area (Å²) in [6.07, 6.45) is 2.72. The molecule has 2 aromatic heterocycles. The molecule has 0 saturated heterocycles. The van der Waals surface area contributed by atoms with Gasteiger partial charge in [0.15, 0.2) is 5.69 Å². The molecule has 3 amide bonds.